The highest BCUT2D eigenvalue weighted by Gasteiger charge is 1.90. The van der Waals surface area contributed by atoms with Crippen LogP contribution in [0.25, 0.3) is 0 Å². The predicted molar refractivity (Wildman–Crippen MR) is 48.5 cm³/mol. The molecule has 0 atom stereocenters. The zero-order chi connectivity index (χ0) is 5.98. The monoisotopic (exact) mass is 330 g/mol. The lowest BCUT2D eigenvalue weighted by atomic mass is 10.5. The third-order valence-electron chi connectivity index (χ3n) is 0.660. The molecule has 0 saturated carbocycles. The average Bonchev–Trinajstić information content (AvgIpc) is 1.77. The number of nitrogens with zero attached hydrogens (tertiary/aromatic N) is 1. The third kappa shape index (κ3) is 1.54. The van der Waals surface area contributed by atoms with E-state index in [1.165, 1.54) is 0 Å². The summed E-state index contributed by atoms with van der Waals surface area (Å²) in [5.74, 6) is 0. The quantitative estimate of drug-likeness (QED) is 0.524. The van der Waals surface area contributed by atoms with Gasteiger partial charge in [0.05, 0.1) is 0 Å². The zero-order valence-corrected chi connectivity index (χ0v) is 8.17. The Hall–Kier alpha value is 0.610. The van der Waals surface area contributed by atoms with Crippen molar-refractivity contribution in [3.05, 3.63) is 25.6 Å². The fourth-order valence-electron chi connectivity index (χ4n) is 0.326. The van der Waals surface area contributed by atoms with Crippen LogP contribution in [0.3, 0.4) is 0 Å². The van der Waals surface area contributed by atoms with Crippen molar-refractivity contribution < 1.29 is 0 Å². The molecule has 0 unspecified atom stereocenters. The molecule has 0 aliphatic carbocycles. The summed E-state index contributed by atoms with van der Waals surface area (Å²) < 4.78 is 2.20. The molecule has 1 heterocycles. The van der Waals surface area contributed by atoms with Crippen LogP contribution in [0.15, 0.2) is 12.3 Å². The molecule has 1 aromatic heterocycles. The fourth-order valence-corrected chi connectivity index (χ4v) is 0.940. The van der Waals surface area contributed by atoms with E-state index < -0.39 is 0 Å². The van der Waals surface area contributed by atoms with Crippen molar-refractivity contribution in [3.63, 3.8) is 0 Å². The summed E-state index contributed by atoms with van der Waals surface area (Å²) in [6, 6.07) is 4.79. The Morgan fingerprint density at radius 3 is 2.62 bits per heavy atom. The van der Waals surface area contributed by atoms with Crippen LogP contribution in [0.5, 0.6) is 0 Å². The minimum absolute atomic E-state index is 1.04. The highest BCUT2D eigenvalue weighted by molar-refractivity contribution is 14.1. The van der Waals surface area contributed by atoms with Crippen LogP contribution in [0.4, 0.5) is 0 Å². The van der Waals surface area contributed by atoms with Crippen molar-refractivity contribution >= 4 is 45.2 Å². The van der Waals surface area contributed by atoms with Crippen molar-refractivity contribution in [2.24, 2.45) is 0 Å². The number of rotatable bonds is 0. The molecular weight excluding hydrogens is 328 g/mol. The molecular formula is C5H2I2N. The van der Waals surface area contributed by atoms with Crippen molar-refractivity contribution in [2.45, 2.75) is 0 Å². The molecule has 0 bridgehead atoms. The van der Waals surface area contributed by atoms with E-state index in [0.717, 1.165) is 7.27 Å². The van der Waals surface area contributed by atoms with Crippen LogP contribution >= 0.6 is 45.2 Å². The molecule has 1 radical (unpaired) electrons. The maximum atomic E-state index is 4.00. The molecule has 8 heavy (non-hydrogen) atoms. The molecule has 1 rings (SSSR count). The predicted octanol–water partition coefficient (Wildman–Crippen LogP) is 2.09. The number of halogens is 2. The summed E-state index contributed by atoms with van der Waals surface area (Å²) in [6.45, 7) is 0. The number of pyridine rings is 1. The van der Waals surface area contributed by atoms with Gasteiger partial charge in [-0.3, -0.25) is 0 Å². The summed E-state index contributed by atoms with van der Waals surface area (Å²) in [7, 11) is 0. The Morgan fingerprint density at radius 2 is 2.25 bits per heavy atom. The smallest absolute Gasteiger partial charge is 0.114 e. The van der Waals surface area contributed by atoms with Crippen LogP contribution in [0.2, 0.25) is 0 Å². The molecule has 0 N–H and O–H groups in total. The van der Waals surface area contributed by atoms with E-state index in [0.29, 0.717) is 0 Å². The summed E-state index contributed by atoms with van der Waals surface area (Å²) >= 11 is 4.41. The molecule has 0 fully saturated rings. The van der Waals surface area contributed by atoms with Gasteiger partial charge in [0.2, 0.25) is 0 Å². The first-order chi connectivity index (χ1) is 3.80. The highest BCUT2D eigenvalue weighted by Crippen LogP contribution is 2.09. The molecule has 1 aromatic rings. The van der Waals surface area contributed by atoms with Crippen molar-refractivity contribution in [3.8, 4) is 0 Å². The van der Waals surface area contributed by atoms with Crippen LogP contribution in [0, 0.1) is 13.3 Å². The van der Waals surface area contributed by atoms with Gasteiger partial charge in [0, 0.05) is 15.8 Å². The fraction of sp³-hybridized carbons (Fsp3) is 0. The van der Waals surface area contributed by atoms with Gasteiger partial charge in [0.15, 0.2) is 0 Å². The second-order valence-electron chi connectivity index (χ2n) is 1.21. The number of aromatic nitrogens is 1. The Bertz CT molecular complexity index is 167. The van der Waals surface area contributed by atoms with Gasteiger partial charge in [-0.15, -0.1) is 0 Å². The summed E-state index contributed by atoms with van der Waals surface area (Å²) in [5.41, 5.74) is 0. The SMILES string of the molecule is Ic1c[c]cnc1I. The van der Waals surface area contributed by atoms with Crippen molar-refractivity contribution in [2.75, 3.05) is 0 Å². The summed E-state index contributed by atoms with van der Waals surface area (Å²) in [6.07, 6.45) is 1.67. The van der Waals surface area contributed by atoms with Gasteiger partial charge in [-0.2, -0.15) is 0 Å². The first-order valence-electron chi connectivity index (χ1n) is 1.98. The normalized spacial score (nSPS) is 9.25. The van der Waals surface area contributed by atoms with Crippen LogP contribution in [-0.2, 0) is 0 Å². The Morgan fingerprint density at radius 1 is 1.50 bits per heavy atom. The molecule has 1 nitrogen and oxygen atoms in total. The molecule has 0 spiro atoms. The van der Waals surface area contributed by atoms with E-state index in [9.17, 15) is 0 Å². The topological polar surface area (TPSA) is 12.9 Å². The van der Waals surface area contributed by atoms with E-state index >= 15 is 0 Å². The molecule has 0 saturated heterocycles. The van der Waals surface area contributed by atoms with Crippen LogP contribution in [0.1, 0.15) is 0 Å². The second-order valence-corrected chi connectivity index (χ2v) is 3.39. The zero-order valence-electron chi connectivity index (χ0n) is 3.86. The van der Waals surface area contributed by atoms with Gasteiger partial charge < -0.3 is 0 Å². The van der Waals surface area contributed by atoms with Gasteiger partial charge in [-0.1, -0.05) is 0 Å². The largest absolute Gasteiger partial charge is 0.249 e. The maximum Gasteiger partial charge on any atom is 0.114 e. The van der Waals surface area contributed by atoms with E-state index in [2.05, 4.69) is 56.2 Å². The van der Waals surface area contributed by atoms with E-state index in [1.54, 1.807) is 6.20 Å². The molecule has 0 aromatic carbocycles. The summed E-state index contributed by atoms with van der Waals surface area (Å²) in [5, 5.41) is 0. The lowest BCUT2D eigenvalue weighted by molar-refractivity contribution is 1.24. The van der Waals surface area contributed by atoms with Crippen molar-refractivity contribution in [1.82, 2.24) is 4.98 Å². The van der Waals surface area contributed by atoms with Gasteiger partial charge in [-0.25, -0.2) is 4.98 Å². The van der Waals surface area contributed by atoms with Crippen LogP contribution < -0.4 is 0 Å². The Labute approximate surface area is 75.2 Å². The van der Waals surface area contributed by atoms with Gasteiger partial charge in [0.25, 0.3) is 0 Å². The maximum absolute atomic E-state index is 4.00. The molecule has 41 valence electrons. The minimum atomic E-state index is 1.04. The van der Waals surface area contributed by atoms with E-state index in [4.69, 9.17) is 0 Å². The van der Waals surface area contributed by atoms with E-state index in [-0.39, 0.29) is 0 Å². The summed E-state index contributed by atoms with van der Waals surface area (Å²) in [4.78, 5) is 4.00. The molecule has 0 amide bonds. The minimum Gasteiger partial charge on any atom is -0.249 e. The first kappa shape index (κ1) is 6.73. The second kappa shape index (κ2) is 2.95. The molecule has 3 heteroatoms. The lowest BCUT2D eigenvalue weighted by Crippen LogP contribution is -1.81. The Balaban J connectivity index is 3.13. The van der Waals surface area contributed by atoms with Crippen molar-refractivity contribution in [1.29, 1.82) is 0 Å². The number of hydrogen-bond acceptors (Lipinski definition) is 1. The van der Waals surface area contributed by atoms with E-state index in [1.807, 2.05) is 6.07 Å². The third-order valence-corrected chi connectivity index (χ3v) is 3.37. The van der Waals surface area contributed by atoms with Crippen LogP contribution in [-0.4, -0.2) is 4.98 Å². The van der Waals surface area contributed by atoms with Gasteiger partial charge in [0.1, 0.15) is 3.70 Å². The average molecular weight is 330 g/mol. The first-order valence-corrected chi connectivity index (χ1v) is 4.13. The highest BCUT2D eigenvalue weighted by atomic mass is 127. The number of hydrogen-bond donors (Lipinski definition) is 0. The van der Waals surface area contributed by atoms with Gasteiger partial charge >= 0.3 is 0 Å². The molecule has 0 aliphatic heterocycles. The standard InChI is InChI=1S/C5H2I2N/c6-4-2-1-3-8-5(4)7/h2-3H. The Kier molecular flexibility index (Phi) is 2.48. The van der Waals surface area contributed by atoms with Gasteiger partial charge in [-0.05, 0) is 51.2 Å². The molecule has 0 aliphatic rings. The lowest BCUT2D eigenvalue weighted by Gasteiger charge is -1.88.